The van der Waals surface area contributed by atoms with Crippen LogP contribution in [0.25, 0.3) is 33.5 Å². The fourth-order valence-corrected chi connectivity index (χ4v) is 2.33. The molecule has 2 aromatic carbocycles. The van der Waals surface area contributed by atoms with Crippen LogP contribution in [-0.4, -0.2) is 20.1 Å². The number of hydrogen-bond acceptors (Lipinski definition) is 2. The highest BCUT2D eigenvalue weighted by atomic mass is 16.3. The summed E-state index contributed by atoms with van der Waals surface area (Å²) in [5.74, 6) is 1.07. The van der Waals surface area contributed by atoms with E-state index in [0.29, 0.717) is 0 Å². The highest BCUT2D eigenvalue weighted by Gasteiger charge is 2.08. The number of aromatic nitrogens is 3. The summed E-state index contributed by atoms with van der Waals surface area (Å²) >= 11 is 0. The Hall–Kier alpha value is -2.75. The minimum atomic E-state index is 0.266. The Morgan fingerprint density at radius 2 is 1.79 bits per heavy atom. The molecular weight excluding hydrogens is 238 g/mol. The number of aromatic amines is 2. The third-order valence-corrected chi connectivity index (χ3v) is 3.25. The number of H-pyrrole nitrogens is 2. The molecule has 4 nitrogen and oxygen atoms in total. The van der Waals surface area contributed by atoms with Gasteiger partial charge in [-0.3, -0.25) is 0 Å². The molecule has 0 spiro atoms. The fourth-order valence-electron chi connectivity index (χ4n) is 2.33. The van der Waals surface area contributed by atoms with Gasteiger partial charge in [-0.05, 0) is 36.4 Å². The molecule has 0 aliphatic rings. The smallest absolute Gasteiger partial charge is 0.155 e. The Morgan fingerprint density at radius 3 is 2.68 bits per heavy atom. The number of nitrogens with zero attached hydrogens (tertiary/aromatic N) is 1. The van der Waals surface area contributed by atoms with Crippen molar-refractivity contribution in [2.24, 2.45) is 0 Å². The van der Waals surface area contributed by atoms with E-state index in [2.05, 4.69) is 15.0 Å². The lowest BCUT2D eigenvalue weighted by Crippen LogP contribution is -1.78. The lowest BCUT2D eigenvalue weighted by Gasteiger charge is -1.90. The zero-order chi connectivity index (χ0) is 12.8. The van der Waals surface area contributed by atoms with Crippen molar-refractivity contribution in [2.75, 3.05) is 0 Å². The Bertz CT molecular complexity index is 856. The zero-order valence-electron chi connectivity index (χ0n) is 10.0. The predicted octanol–water partition coefficient (Wildman–Crippen LogP) is 3.42. The SMILES string of the molecule is Oc1ccc2[nH]c(-c3nc4ccccc4[nH]3)cc2c1. The standard InChI is InChI=1S/C15H11N3O/c19-10-5-6-11-9(7-10)8-14(16-11)15-17-12-3-1-2-4-13(12)18-15/h1-8,16,19H,(H,17,18). The molecule has 2 heterocycles. The summed E-state index contributed by atoms with van der Waals surface area (Å²) in [5, 5.41) is 10.5. The molecule has 0 radical (unpaired) electrons. The number of imidazole rings is 1. The maximum atomic E-state index is 9.49. The summed E-state index contributed by atoms with van der Waals surface area (Å²) < 4.78 is 0. The molecule has 4 rings (SSSR count). The Morgan fingerprint density at radius 1 is 0.895 bits per heavy atom. The first kappa shape index (κ1) is 10.2. The molecule has 0 bridgehead atoms. The van der Waals surface area contributed by atoms with E-state index in [1.54, 1.807) is 12.1 Å². The van der Waals surface area contributed by atoms with Gasteiger partial charge in [-0.2, -0.15) is 0 Å². The second kappa shape index (κ2) is 3.62. The van der Waals surface area contributed by atoms with Crippen LogP contribution in [0.4, 0.5) is 0 Å². The Balaban J connectivity index is 1.93. The third-order valence-electron chi connectivity index (χ3n) is 3.25. The summed E-state index contributed by atoms with van der Waals surface area (Å²) in [6.07, 6.45) is 0. The van der Waals surface area contributed by atoms with Crippen molar-refractivity contribution < 1.29 is 5.11 Å². The molecule has 4 aromatic rings. The Labute approximate surface area is 108 Å². The molecule has 0 fully saturated rings. The van der Waals surface area contributed by atoms with E-state index in [-0.39, 0.29) is 5.75 Å². The second-order valence-electron chi connectivity index (χ2n) is 4.56. The van der Waals surface area contributed by atoms with Gasteiger partial charge in [0.15, 0.2) is 5.82 Å². The van der Waals surface area contributed by atoms with Crippen LogP contribution in [0.1, 0.15) is 0 Å². The lowest BCUT2D eigenvalue weighted by atomic mass is 10.2. The van der Waals surface area contributed by atoms with Crippen LogP contribution >= 0.6 is 0 Å². The lowest BCUT2D eigenvalue weighted by molar-refractivity contribution is 0.476. The molecule has 4 heteroatoms. The number of aromatic hydroxyl groups is 1. The van der Waals surface area contributed by atoms with E-state index in [9.17, 15) is 5.11 Å². The van der Waals surface area contributed by atoms with Gasteiger partial charge < -0.3 is 15.1 Å². The normalized spacial score (nSPS) is 11.4. The van der Waals surface area contributed by atoms with Gasteiger partial charge >= 0.3 is 0 Å². The molecule has 19 heavy (non-hydrogen) atoms. The minimum absolute atomic E-state index is 0.266. The van der Waals surface area contributed by atoms with Gasteiger partial charge in [0, 0.05) is 10.9 Å². The summed E-state index contributed by atoms with van der Waals surface area (Å²) in [4.78, 5) is 11.1. The van der Waals surface area contributed by atoms with Crippen molar-refractivity contribution in [2.45, 2.75) is 0 Å². The van der Waals surface area contributed by atoms with Crippen molar-refractivity contribution in [1.29, 1.82) is 0 Å². The van der Waals surface area contributed by atoms with Gasteiger partial charge in [0.2, 0.25) is 0 Å². The molecule has 0 atom stereocenters. The number of nitrogens with one attached hydrogen (secondary N) is 2. The molecule has 2 aromatic heterocycles. The van der Waals surface area contributed by atoms with Crippen LogP contribution in [0.3, 0.4) is 0 Å². The predicted molar refractivity (Wildman–Crippen MR) is 75.1 cm³/mol. The number of phenols is 1. The molecule has 0 unspecified atom stereocenters. The molecule has 3 N–H and O–H groups in total. The quantitative estimate of drug-likeness (QED) is 0.484. The van der Waals surface area contributed by atoms with Crippen LogP contribution in [-0.2, 0) is 0 Å². The van der Waals surface area contributed by atoms with Crippen molar-refractivity contribution in [1.82, 2.24) is 15.0 Å². The van der Waals surface area contributed by atoms with E-state index >= 15 is 0 Å². The maximum absolute atomic E-state index is 9.49. The number of para-hydroxylation sites is 2. The van der Waals surface area contributed by atoms with Crippen LogP contribution in [0.5, 0.6) is 5.75 Å². The first-order valence-electron chi connectivity index (χ1n) is 6.06. The number of rotatable bonds is 1. The van der Waals surface area contributed by atoms with Crippen molar-refractivity contribution >= 4 is 21.9 Å². The summed E-state index contributed by atoms with van der Waals surface area (Å²) in [7, 11) is 0. The average molecular weight is 249 g/mol. The van der Waals surface area contributed by atoms with Crippen LogP contribution in [0.15, 0.2) is 48.5 Å². The number of phenolic OH excluding ortho intramolecular Hbond substituents is 1. The van der Waals surface area contributed by atoms with E-state index in [1.807, 2.05) is 36.4 Å². The minimum Gasteiger partial charge on any atom is -0.508 e. The number of benzene rings is 2. The Kier molecular flexibility index (Phi) is 1.94. The highest BCUT2D eigenvalue weighted by Crippen LogP contribution is 2.26. The second-order valence-corrected chi connectivity index (χ2v) is 4.56. The number of hydrogen-bond donors (Lipinski definition) is 3. The van der Waals surface area contributed by atoms with Crippen molar-refractivity contribution in [3.05, 3.63) is 48.5 Å². The van der Waals surface area contributed by atoms with Gasteiger partial charge in [-0.15, -0.1) is 0 Å². The molecule has 0 amide bonds. The van der Waals surface area contributed by atoms with E-state index in [0.717, 1.165) is 33.5 Å². The van der Waals surface area contributed by atoms with Gasteiger partial charge in [-0.25, -0.2) is 4.98 Å². The summed E-state index contributed by atoms with van der Waals surface area (Å²) in [6.45, 7) is 0. The third kappa shape index (κ3) is 1.57. The van der Waals surface area contributed by atoms with Crippen LogP contribution in [0, 0.1) is 0 Å². The maximum Gasteiger partial charge on any atom is 0.155 e. The van der Waals surface area contributed by atoms with E-state index < -0.39 is 0 Å². The molecule has 92 valence electrons. The van der Waals surface area contributed by atoms with E-state index in [1.165, 1.54) is 0 Å². The summed E-state index contributed by atoms with van der Waals surface area (Å²) in [5.41, 5.74) is 3.85. The highest BCUT2D eigenvalue weighted by molar-refractivity contribution is 5.87. The fraction of sp³-hybridized carbons (Fsp3) is 0. The monoisotopic (exact) mass is 249 g/mol. The van der Waals surface area contributed by atoms with Crippen LogP contribution in [0.2, 0.25) is 0 Å². The van der Waals surface area contributed by atoms with E-state index in [4.69, 9.17) is 0 Å². The largest absolute Gasteiger partial charge is 0.508 e. The summed E-state index contributed by atoms with van der Waals surface area (Å²) in [6, 6.07) is 15.2. The molecule has 0 aliphatic heterocycles. The van der Waals surface area contributed by atoms with Gasteiger partial charge in [0.25, 0.3) is 0 Å². The molecule has 0 saturated heterocycles. The number of fused-ring (bicyclic) bond motifs is 2. The molecule has 0 saturated carbocycles. The molecule has 0 aliphatic carbocycles. The first-order valence-corrected chi connectivity index (χ1v) is 6.06. The van der Waals surface area contributed by atoms with Gasteiger partial charge in [0.1, 0.15) is 5.75 Å². The van der Waals surface area contributed by atoms with Crippen molar-refractivity contribution in [3.63, 3.8) is 0 Å². The average Bonchev–Trinajstić information content (AvgIpc) is 3.00. The topological polar surface area (TPSA) is 64.7 Å². The van der Waals surface area contributed by atoms with Crippen molar-refractivity contribution in [3.8, 4) is 17.3 Å². The first-order chi connectivity index (χ1) is 9.29. The van der Waals surface area contributed by atoms with Crippen LogP contribution < -0.4 is 0 Å². The van der Waals surface area contributed by atoms with Gasteiger partial charge in [0.05, 0.1) is 16.7 Å². The molecular formula is C15H11N3O. The zero-order valence-corrected chi connectivity index (χ0v) is 10.0. The van der Waals surface area contributed by atoms with Gasteiger partial charge in [-0.1, -0.05) is 12.1 Å².